The van der Waals surface area contributed by atoms with E-state index in [2.05, 4.69) is 10.3 Å². The maximum atomic E-state index is 13.8. The molecule has 7 nitrogen and oxygen atoms in total. The van der Waals surface area contributed by atoms with E-state index in [0.29, 0.717) is 17.9 Å². The number of nitrogens with zero attached hydrogens (tertiary/aromatic N) is 4. The number of hydrogen-bond acceptors (Lipinski definition) is 5. The lowest BCUT2D eigenvalue weighted by molar-refractivity contribution is 0.0770. The average molecular weight is 390 g/mol. The SMILES string of the molecule is CCn1ccc(CN(C)C(=O)c2noc(C)c2COc2ccc(F)cc2F)n1. The second-order valence-electron chi connectivity index (χ2n) is 6.25. The lowest BCUT2D eigenvalue weighted by Gasteiger charge is -2.15. The summed E-state index contributed by atoms with van der Waals surface area (Å²) in [5.74, 6) is -1.64. The molecule has 0 aliphatic rings. The Kier molecular flexibility index (Phi) is 5.72. The molecule has 1 aromatic carbocycles. The number of halogens is 2. The highest BCUT2D eigenvalue weighted by Crippen LogP contribution is 2.22. The zero-order valence-corrected chi connectivity index (χ0v) is 15.8. The van der Waals surface area contributed by atoms with E-state index in [1.807, 2.05) is 19.2 Å². The van der Waals surface area contributed by atoms with E-state index in [1.54, 1.807) is 18.7 Å². The van der Waals surface area contributed by atoms with Crippen molar-refractivity contribution in [2.24, 2.45) is 0 Å². The third-order valence-corrected chi connectivity index (χ3v) is 4.22. The molecule has 9 heteroatoms. The maximum absolute atomic E-state index is 13.8. The zero-order valence-electron chi connectivity index (χ0n) is 15.8. The minimum Gasteiger partial charge on any atom is -0.486 e. The maximum Gasteiger partial charge on any atom is 0.276 e. The van der Waals surface area contributed by atoms with E-state index in [-0.39, 0.29) is 24.0 Å². The van der Waals surface area contributed by atoms with Gasteiger partial charge in [0, 0.05) is 25.9 Å². The van der Waals surface area contributed by atoms with Crippen molar-refractivity contribution in [3.63, 3.8) is 0 Å². The molecule has 3 aromatic rings. The highest BCUT2D eigenvalue weighted by atomic mass is 19.1. The summed E-state index contributed by atoms with van der Waals surface area (Å²) in [6.07, 6.45) is 1.84. The van der Waals surface area contributed by atoms with E-state index < -0.39 is 11.6 Å². The normalized spacial score (nSPS) is 10.9. The van der Waals surface area contributed by atoms with Gasteiger partial charge in [-0.15, -0.1) is 0 Å². The third kappa shape index (κ3) is 4.19. The number of aryl methyl sites for hydroxylation is 2. The van der Waals surface area contributed by atoms with E-state index in [9.17, 15) is 13.6 Å². The molecule has 0 fully saturated rings. The smallest absolute Gasteiger partial charge is 0.276 e. The molecule has 2 aromatic heterocycles. The predicted octanol–water partition coefficient (Wildman–Crippen LogP) is 3.33. The Hall–Kier alpha value is -3.23. The lowest BCUT2D eigenvalue weighted by atomic mass is 10.2. The van der Waals surface area contributed by atoms with E-state index in [1.165, 1.54) is 11.0 Å². The Balaban J connectivity index is 1.72. The molecule has 0 aliphatic heterocycles. The number of carbonyl (C=O) groups is 1. The van der Waals surface area contributed by atoms with Crippen LogP contribution >= 0.6 is 0 Å². The number of aromatic nitrogens is 3. The Morgan fingerprint density at radius 3 is 2.79 bits per heavy atom. The molecular weight excluding hydrogens is 370 g/mol. The van der Waals surface area contributed by atoms with E-state index in [4.69, 9.17) is 9.26 Å². The molecule has 28 heavy (non-hydrogen) atoms. The van der Waals surface area contributed by atoms with Crippen LogP contribution in [0.3, 0.4) is 0 Å². The molecule has 0 unspecified atom stereocenters. The summed E-state index contributed by atoms with van der Waals surface area (Å²) in [7, 11) is 1.63. The van der Waals surface area contributed by atoms with Crippen LogP contribution in [0.1, 0.15) is 34.4 Å². The highest BCUT2D eigenvalue weighted by molar-refractivity contribution is 5.93. The van der Waals surface area contributed by atoms with Crippen LogP contribution in [0, 0.1) is 18.6 Å². The van der Waals surface area contributed by atoms with Crippen molar-refractivity contribution in [1.82, 2.24) is 19.8 Å². The molecule has 1 amide bonds. The van der Waals surface area contributed by atoms with Gasteiger partial charge in [0.2, 0.25) is 0 Å². The minimum absolute atomic E-state index is 0.0810. The first-order valence-corrected chi connectivity index (χ1v) is 8.69. The molecule has 0 spiro atoms. The molecule has 2 heterocycles. The Bertz CT molecular complexity index is 983. The summed E-state index contributed by atoms with van der Waals surface area (Å²) in [4.78, 5) is 14.2. The third-order valence-electron chi connectivity index (χ3n) is 4.22. The number of rotatable bonds is 7. The van der Waals surface area contributed by atoms with Crippen LogP contribution in [-0.2, 0) is 19.7 Å². The Morgan fingerprint density at radius 1 is 1.32 bits per heavy atom. The molecule has 0 aliphatic carbocycles. The summed E-state index contributed by atoms with van der Waals surface area (Å²) >= 11 is 0. The zero-order chi connectivity index (χ0) is 20.3. The van der Waals surface area contributed by atoms with Gasteiger partial charge in [-0.3, -0.25) is 9.48 Å². The largest absolute Gasteiger partial charge is 0.486 e. The van der Waals surface area contributed by atoms with Crippen LogP contribution in [0.15, 0.2) is 35.0 Å². The average Bonchev–Trinajstić information content (AvgIpc) is 3.27. The van der Waals surface area contributed by atoms with Gasteiger partial charge < -0.3 is 14.2 Å². The van der Waals surface area contributed by atoms with Crippen LogP contribution in [0.25, 0.3) is 0 Å². The molecule has 0 radical (unpaired) electrons. The molecule has 0 saturated heterocycles. The van der Waals surface area contributed by atoms with Gasteiger partial charge in [0.15, 0.2) is 17.3 Å². The molecule has 3 rings (SSSR count). The number of ether oxygens (including phenoxy) is 1. The van der Waals surface area contributed by atoms with Crippen LogP contribution in [0.2, 0.25) is 0 Å². The molecule has 148 valence electrons. The van der Waals surface area contributed by atoms with Crippen LogP contribution in [0.5, 0.6) is 5.75 Å². The monoisotopic (exact) mass is 390 g/mol. The first-order chi connectivity index (χ1) is 13.4. The van der Waals surface area contributed by atoms with Crippen molar-refractivity contribution in [3.8, 4) is 5.75 Å². The number of amides is 1. The first-order valence-electron chi connectivity index (χ1n) is 8.69. The molecule has 0 saturated carbocycles. The van der Waals surface area contributed by atoms with Crippen molar-refractivity contribution < 1.29 is 22.8 Å². The minimum atomic E-state index is -0.828. The van der Waals surface area contributed by atoms with Gasteiger partial charge in [-0.2, -0.15) is 5.10 Å². The number of hydrogen-bond donors (Lipinski definition) is 0. The van der Waals surface area contributed by atoms with Crippen LogP contribution < -0.4 is 4.74 Å². The molecule has 0 N–H and O–H groups in total. The van der Waals surface area contributed by atoms with Gasteiger partial charge in [-0.05, 0) is 32.0 Å². The van der Waals surface area contributed by atoms with Crippen molar-refractivity contribution in [1.29, 1.82) is 0 Å². The molecule has 0 bridgehead atoms. The van der Waals surface area contributed by atoms with E-state index in [0.717, 1.165) is 24.4 Å². The van der Waals surface area contributed by atoms with Crippen molar-refractivity contribution >= 4 is 5.91 Å². The quantitative estimate of drug-likeness (QED) is 0.619. The van der Waals surface area contributed by atoms with Crippen LogP contribution in [-0.4, -0.2) is 32.8 Å². The van der Waals surface area contributed by atoms with Gasteiger partial charge in [-0.1, -0.05) is 5.16 Å². The lowest BCUT2D eigenvalue weighted by Crippen LogP contribution is -2.28. The first kappa shape index (κ1) is 19.5. The second kappa shape index (κ2) is 8.20. The highest BCUT2D eigenvalue weighted by Gasteiger charge is 2.24. The van der Waals surface area contributed by atoms with Gasteiger partial charge >= 0.3 is 0 Å². The van der Waals surface area contributed by atoms with Crippen molar-refractivity contribution in [2.45, 2.75) is 33.5 Å². The summed E-state index contributed by atoms with van der Waals surface area (Å²) < 4.78 is 39.1. The van der Waals surface area contributed by atoms with Crippen molar-refractivity contribution in [2.75, 3.05) is 7.05 Å². The van der Waals surface area contributed by atoms with Crippen LogP contribution in [0.4, 0.5) is 8.78 Å². The van der Waals surface area contributed by atoms with Gasteiger partial charge in [0.05, 0.1) is 17.8 Å². The summed E-state index contributed by atoms with van der Waals surface area (Å²) in [5.41, 5.74) is 1.22. The van der Waals surface area contributed by atoms with Crippen molar-refractivity contribution in [3.05, 3.63) is 64.8 Å². The van der Waals surface area contributed by atoms with Gasteiger partial charge in [0.1, 0.15) is 18.2 Å². The summed E-state index contributed by atoms with van der Waals surface area (Å²) in [5, 5.41) is 8.17. The fraction of sp³-hybridized carbons (Fsp3) is 0.316. The summed E-state index contributed by atoms with van der Waals surface area (Å²) in [6, 6.07) is 4.84. The van der Waals surface area contributed by atoms with Gasteiger partial charge in [0.25, 0.3) is 5.91 Å². The Morgan fingerprint density at radius 2 is 2.11 bits per heavy atom. The Labute approximate surface area is 160 Å². The second-order valence-corrected chi connectivity index (χ2v) is 6.25. The topological polar surface area (TPSA) is 73.4 Å². The van der Waals surface area contributed by atoms with E-state index >= 15 is 0 Å². The predicted molar refractivity (Wildman–Crippen MR) is 95.6 cm³/mol. The standard InChI is InChI=1S/C19H20F2N4O3/c1-4-25-8-7-14(22-25)10-24(3)19(26)18-15(12(2)28-23-18)11-27-17-6-5-13(20)9-16(17)21/h5-9H,4,10-11H2,1-3H3. The fourth-order valence-electron chi connectivity index (χ4n) is 2.63. The number of carbonyl (C=O) groups excluding carboxylic acids is 1. The summed E-state index contributed by atoms with van der Waals surface area (Å²) in [6.45, 7) is 4.50. The number of benzene rings is 1. The molecular formula is C19H20F2N4O3. The fourth-order valence-corrected chi connectivity index (χ4v) is 2.63. The molecule has 0 atom stereocenters. The van der Waals surface area contributed by atoms with Gasteiger partial charge in [-0.25, -0.2) is 8.78 Å².